The fraction of sp³-hybridized carbons (Fsp3) is 0.222. The molecule has 1 aliphatic rings. The fourth-order valence-electron chi connectivity index (χ4n) is 3.87. The molecule has 1 aliphatic heterocycles. The third-order valence-electron chi connectivity index (χ3n) is 5.88. The van der Waals surface area contributed by atoms with E-state index in [0.717, 1.165) is 10.5 Å². The molecule has 0 saturated heterocycles. The van der Waals surface area contributed by atoms with Crippen LogP contribution in [-0.4, -0.2) is 42.4 Å². The molecular formula is C27H25NO5. The Bertz CT molecular complexity index is 1130. The number of hydrogen-bond donors (Lipinski definition) is 0. The average molecular weight is 443 g/mol. The molecule has 0 spiro atoms. The van der Waals surface area contributed by atoms with Gasteiger partial charge in [-0.15, -0.1) is 0 Å². The molecule has 0 unspecified atom stereocenters. The summed E-state index contributed by atoms with van der Waals surface area (Å²) in [4.78, 5) is 37.8. The highest BCUT2D eigenvalue weighted by atomic mass is 16.6. The summed E-state index contributed by atoms with van der Waals surface area (Å²) < 4.78 is 10.7. The predicted molar refractivity (Wildman–Crippen MR) is 123 cm³/mol. The number of carbonyl (C=O) groups excluding carboxylic acids is 3. The number of nitrogens with zero attached hydrogens (tertiary/aromatic N) is 1. The highest BCUT2D eigenvalue weighted by Crippen LogP contribution is 2.32. The summed E-state index contributed by atoms with van der Waals surface area (Å²) in [5, 5.41) is 0. The molecule has 0 aliphatic carbocycles. The molecule has 0 saturated carbocycles. The largest absolute Gasteiger partial charge is 0.482 e. The van der Waals surface area contributed by atoms with Gasteiger partial charge in [0, 0.05) is 5.41 Å². The molecule has 3 aromatic carbocycles. The molecular weight excluding hydrogens is 418 g/mol. The van der Waals surface area contributed by atoms with Crippen LogP contribution in [-0.2, 0) is 14.9 Å². The number of esters is 1. The predicted octanol–water partition coefficient (Wildman–Crippen LogP) is 4.23. The zero-order chi connectivity index (χ0) is 23.4. The van der Waals surface area contributed by atoms with Gasteiger partial charge in [0.2, 0.25) is 0 Å². The highest BCUT2D eigenvalue weighted by Gasteiger charge is 2.34. The molecule has 0 aromatic heterocycles. The molecule has 4 rings (SSSR count). The molecule has 3 aromatic rings. The number of rotatable bonds is 8. The van der Waals surface area contributed by atoms with Gasteiger partial charge in [0.1, 0.15) is 12.4 Å². The summed E-state index contributed by atoms with van der Waals surface area (Å²) >= 11 is 0. The Morgan fingerprint density at radius 2 is 1.33 bits per heavy atom. The molecule has 1 heterocycles. The van der Waals surface area contributed by atoms with Crippen LogP contribution in [0.5, 0.6) is 5.75 Å². The normalized spacial score (nSPS) is 13.1. The Morgan fingerprint density at radius 1 is 0.788 bits per heavy atom. The first-order valence-electron chi connectivity index (χ1n) is 10.8. The Balaban J connectivity index is 1.25. The minimum Gasteiger partial charge on any atom is -0.482 e. The van der Waals surface area contributed by atoms with E-state index in [9.17, 15) is 14.4 Å². The quantitative estimate of drug-likeness (QED) is 0.385. The first kappa shape index (κ1) is 22.3. The van der Waals surface area contributed by atoms with Gasteiger partial charge in [0.05, 0.1) is 17.7 Å². The van der Waals surface area contributed by atoms with Crippen LogP contribution in [0.25, 0.3) is 0 Å². The third-order valence-corrected chi connectivity index (χ3v) is 5.88. The van der Waals surface area contributed by atoms with E-state index in [1.165, 1.54) is 5.56 Å². The third kappa shape index (κ3) is 4.65. The first-order valence-corrected chi connectivity index (χ1v) is 10.8. The van der Waals surface area contributed by atoms with E-state index in [4.69, 9.17) is 9.47 Å². The van der Waals surface area contributed by atoms with Gasteiger partial charge in [0.25, 0.3) is 11.8 Å². The topological polar surface area (TPSA) is 72.9 Å². The van der Waals surface area contributed by atoms with E-state index in [0.29, 0.717) is 16.9 Å². The van der Waals surface area contributed by atoms with E-state index in [2.05, 4.69) is 26.0 Å². The van der Waals surface area contributed by atoms with Gasteiger partial charge in [-0.25, -0.2) is 4.79 Å². The van der Waals surface area contributed by atoms with Crippen molar-refractivity contribution in [3.05, 3.63) is 101 Å². The van der Waals surface area contributed by atoms with Crippen LogP contribution < -0.4 is 4.74 Å². The van der Waals surface area contributed by atoms with E-state index in [-0.39, 0.29) is 37.0 Å². The van der Waals surface area contributed by atoms with Crippen molar-refractivity contribution in [3.8, 4) is 5.75 Å². The summed E-state index contributed by atoms with van der Waals surface area (Å²) in [6.45, 7) is 3.97. The van der Waals surface area contributed by atoms with Crippen LogP contribution in [0.4, 0.5) is 0 Å². The molecule has 6 nitrogen and oxygen atoms in total. The van der Waals surface area contributed by atoms with Crippen LogP contribution in [0.3, 0.4) is 0 Å². The number of amides is 2. The van der Waals surface area contributed by atoms with Crippen molar-refractivity contribution >= 4 is 17.8 Å². The van der Waals surface area contributed by atoms with Crippen molar-refractivity contribution in [2.75, 3.05) is 19.8 Å². The lowest BCUT2D eigenvalue weighted by molar-refractivity contribution is -0.146. The molecule has 0 N–H and O–H groups in total. The zero-order valence-electron chi connectivity index (χ0n) is 18.6. The van der Waals surface area contributed by atoms with Crippen LogP contribution >= 0.6 is 0 Å². The van der Waals surface area contributed by atoms with Crippen molar-refractivity contribution in [1.82, 2.24) is 4.90 Å². The summed E-state index contributed by atoms with van der Waals surface area (Å²) in [7, 11) is 0. The fourth-order valence-corrected chi connectivity index (χ4v) is 3.87. The maximum absolute atomic E-state index is 12.3. The maximum atomic E-state index is 12.3. The lowest BCUT2D eigenvalue weighted by atomic mass is 9.78. The molecule has 0 bridgehead atoms. The molecule has 168 valence electrons. The number of imide groups is 1. The van der Waals surface area contributed by atoms with E-state index < -0.39 is 5.97 Å². The second-order valence-corrected chi connectivity index (χ2v) is 8.33. The van der Waals surface area contributed by atoms with E-state index in [1.54, 1.807) is 24.3 Å². The van der Waals surface area contributed by atoms with Crippen LogP contribution in [0.2, 0.25) is 0 Å². The monoisotopic (exact) mass is 443 g/mol. The Kier molecular flexibility index (Phi) is 6.27. The Labute approximate surface area is 192 Å². The lowest BCUT2D eigenvalue weighted by Crippen LogP contribution is -2.33. The first-order chi connectivity index (χ1) is 15.9. The van der Waals surface area contributed by atoms with E-state index in [1.807, 2.05) is 42.5 Å². The molecule has 6 heteroatoms. The number of hydrogen-bond acceptors (Lipinski definition) is 5. The van der Waals surface area contributed by atoms with Gasteiger partial charge >= 0.3 is 5.97 Å². The minimum atomic E-state index is -0.569. The van der Waals surface area contributed by atoms with E-state index >= 15 is 0 Å². The average Bonchev–Trinajstić information content (AvgIpc) is 3.08. The van der Waals surface area contributed by atoms with Crippen molar-refractivity contribution in [2.24, 2.45) is 0 Å². The van der Waals surface area contributed by atoms with Gasteiger partial charge in [-0.1, -0.05) is 68.4 Å². The number of benzene rings is 3. The lowest BCUT2D eigenvalue weighted by Gasteiger charge is -2.26. The van der Waals surface area contributed by atoms with Crippen molar-refractivity contribution in [3.63, 3.8) is 0 Å². The summed E-state index contributed by atoms with van der Waals surface area (Å²) in [5.41, 5.74) is 2.92. The maximum Gasteiger partial charge on any atom is 0.344 e. The molecule has 2 amide bonds. The van der Waals surface area contributed by atoms with Crippen molar-refractivity contribution < 1.29 is 23.9 Å². The number of fused-ring (bicyclic) bond motifs is 1. The second kappa shape index (κ2) is 9.28. The van der Waals surface area contributed by atoms with Gasteiger partial charge in [-0.05, 0) is 35.4 Å². The van der Waals surface area contributed by atoms with Gasteiger partial charge in [0.15, 0.2) is 6.61 Å². The van der Waals surface area contributed by atoms with Crippen molar-refractivity contribution in [1.29, 1.82) is 0 Å². The van der Waals surface area contributed by atoms with Gasteiger partial charge < -0.3 is 9.47 Å². The molecule has 0 fully saturated rings. The standard InChI is InChI=1S/C27H25NO5/c1-27(2,19-8-4-3-5-9-19)20-12-14-21(15-13-20)33-18-24(29)32-17-16-28-25(30)22-10-6-7-11-23(22)26(28)31/h3-15H,16-18H2,1-2H3. The molecule has 0 radical (unpaired) electrons. The van der Waals surface area contributed by atoms with Crippen LogP contribution in [0, 0.1) is 0 Å². The zero-order valence-corrected chi connectivity index (χ0v) is 18.6. The number of ether oxygens (including phenoxy) is 2. The summed E-state index contributed by atoms with van der Waals surface area (Å²) in [6, 6.07) is 24.5. The van der Waals surface area contributed by atoms with Crippen molar-refractivity contribution in [2.45, 2.75) is 19.3 Å². The molecule has 33 heavy (non-hydrogen) atoms. The highest BCUT2D eigenvalue weighted by molar-refractivity contribution is 6.21. The van der Waals surface area contributed by atoms with Gasteiger partial charge in [-0.3, -0.25) is 14.5 Å². The van der Waals surface area contributed by atoms with Gasteiger partial charge in [-0.2, -0.15) is 0 Å². The Morgan fingerprint density at radius 3 is 1.94 bits per heavy atom. The van der Waals surface area contributed by atoms with Crippen LogP contribution in [0.1, 0.15) is 45.7 Å². The van der Waals surface area contributed by atoms with Crippen LogP contribution in [0.15, 0.2) is 78.9 Å². The summed E-state index contributed by atoms with van der Waals surface area (Å²) in [6.07, 6.45) is 0. The Hall–Kier alpha value is -3.93. The second-order valence-electron chi connectivity index (χ2n) is 8.33. The SMILES string of the molecule is CC(C)(c1ccccc1)c1ccc(OCC(=O)OCCN2C(=O)c3ccccc3C2=O)cc1. The smallest absolute Gasteiger partial charge is 0.344 e. The summed E-state index contributed by atoms with van der Waals surface area (Å²) in [5.74, 6) is -0.761. The number of carbonyl (C=O) groups is 3. The molecule has 0 atom stereocenters. The minimum absolute atomic E-state index is 0.00134.